The Morgan fingerprint density at radius 1 is 0.471 bits per heavy atom. The topological polar surface area (TPSA) is 0 Å². The van der Waals surface area contributed by atoms with Crippen molar-refractivity contribution < 1.29 is 0 Å². The van der Waals surface area contributed by atoms with Crippen LogP contribution in [0.25, 0.3) is 0 Å². The van der Waals surface area contributed by atoms with Crippen LogP contribution in [0.15, 0.2) is 11.1 Å². The first kappa shape index (κ1) is 11.8. The molecule has 0 amide bonds. The number of hydrogen-bond acceptors (Lipinski definition) is 0. The first-order valence-electron chi connectivity index (χ1n) is 8.17. The Balaban J connectivity index is 1.79. The Kier molecular flexibility index (Phi) is 3.88. The van der Waals surface area contributed by atoms with Gasteiger partial charge in [-0.15, -0.1) is 0 Å². The Hall–Kier alpha value is -0.260. The van der Waals surface area contributed by atoms with E-state index < -0.39 is 0 Å². The van der Waals surface area contributed by atoms with Crippen LogP contribution in [0.3, 0.4) is 0 Å². The Morgan fingerprint density at radius 2 is 0.882 bits per heavy atom. The third-order valence-electron chi connectivity index (χ3n) is 5.50. The molecule has 0 spiro atoms. The average Bonchev–Trinajstić information content (AvgIpc) is 2.94. The zero-order valence-electron chi connectivity index (χ0n) is 11.3. The molecule has 2 fully saturated rings. The summed E-state index contributed by atoms with van der Waals surface area (Å²) in [4.78, 5) is 0. The SMILES string of the molecule is C1CCC(C2=C(C3CCCC3)CCCC2)CC1. The van der Waals surface area contributed by atoms with Crippen LogP contribution in [-0.4, -0.2) is 0 Å². The quantitative estimate of drug-likeness (QED) is 0.541. The Labute approximate surface area is 107 Å². The van der Waals surface area contributed by atoms with E-state index >= 15 is 0 Å². The van der Waals surface area contributed by atoms with Crippen molar-refractivity contribution in [3.8, 4) is 0 Å². The Bertz CT molecular complexity index is 274. The van der Waals surface area contributed by atoms with Crippen LogP contribution in [0.2, 0.25) is 0 Å². The van der Waals surface area contributed by atoms with Gasteiger partial charge in [0, 0.05) is 0 Å². The fraction of sp³-hybridized carbons (Fsp3) is 0.882. The maximum atomic E-state index is 1.97. The van der Waals surface area contributed by atoms with Gasteiger partial charge in [-0.2, -0.15) is 0 Å². The summed E-state index contributed by atoms with van der Waals surface area (Å²) in [5.41, 5.74) is 3.95. The zero-order chi connectivity index (χ0) is 11.5. The molecule has 0 aromatic carbocycles. The summed E-state index contributed by atoms with van der Waals surface area (Å²) >= 11 is 0. The molecule has 0 aliphatic heterocycles. The summed E-state index contributed by atoms with van der Waals surface area (Å²) in [6, 6.07) is 0. The monoisotopic (exact) mass is 232 g/mol. The van der Waals surface area contributed by atoms with Gasteiger partial charge in [-0.1, -0.05) is 43.3 Å². The number of rotatable bonds is 2. The van der Waals surface area contributed by atoms with Crippen LogP contribution in [-0.2, 0) is 0 Å². The van der Waals surface area contributed by atoms with Gasteiger partial charge in [-0.3, -0.25) is 0 Å². The summed E-state index contributed by atoms with van der Waals surface area (Å²) in [5, 5.41) is 0. The highest BCUT2D eigenvalue weighted by Gasteiger charge is 2.28. The lowest BCUT2D eigenvalue weighted by Gasteiger charge is -2.32. The maximum Gasteiger partial charge on any atom is -0.0200 e. The molecule has 0 heteroatoms. The molecule has 0 saturated heterocycles. The first-order valence-corrected chi connectivity index (χ1v) is 8.17. The first-order chi connectivity index (χ1) is 8.45. The molecule has 96 valence electrons. The van der Waals surface area contributed by atoms with E-state index in [1.54, 1.807) is 0 Å². The maximum absolute atomic E-state index is 1.97. The van der Waals surface area contributed by atoms with Crippen molar-refractivity contribution in [3.63, 3.8) is 0 Å². The normalized spacial score (nSPS) is 28.9. The molecule has 0 aromatic rings. The predicted molar refractivity (Wildman–Crippen MR) is 74.0 cm³/mol. The van der Waals surface area contributed by atoms with E-state index in [2.05, 4.69) is 0 Å². The van der Waals surface area contributed by atoms with Crippen molar-refractivity contribution in [3.05, 3.63) is 11.1 Å². The smallest absolute Gasteiger partial charge is 0.0200 e. The minimum atomic E-state index is 1.01. The lowest BCUT2D eigenvalue weighted by atomic mass is 9.73. The molecule has 0 unspecified atom stereocenters. The van der Waals surface area contributed by atoms with Crippen molar-refractivity contribution >= 4 is 0 Å². The molecule has 3 rings (SSSR count). The van der Waals surface area contributed by atoms with E-state index in [9.17, 15) is 0 Å². The molecule has 3 aliphatic carbocycles. The molecule has 0 atom stereocenters. The van der Waals surface area contributed by atoms with E-state index in [4.69, 9.17) is 0 Å². The molecule has 0 bridgehead atoms. The molecular weight excluding hydrogens is 204 g/mol. The second kappa shape index (κ2) is 5.59. The predicted octanol–water partition coefficient (Wildman–Crippen LogP) is 5.63. The lowest BCUT2D eigenvalue weighted by molar-refractivity contribution is 0.375. The van der Waals surface area contributed by atoms with E-state index in [-0.39, 0.29) is 0 Å². The van der Waals surface area contributed by atoms with E-state index in [0.717, 1.165) is 11.8 Å². The van der Waals surface area contributed by atoms with Gasteiger partial charge in [0.15, 0.2) is 0 Å². The molecule has 0 heterocycles. The third-order valence-corrected chi connectivity index (χ3v) is 5.50. The van der Waals surface area contributed by atoms with E-state index in [1.807, 2.05) is 11.1 Å². The molecular formula is C17H28. The van der Waals surface area contributed by atoms with Gasteiger partial charge < -0.3 is 0 Å². The highest BCUT2D eigenvalue weighted by Crippen LogP contribution is 2.44. The summed E-state index contributed by atoms with van der Waals surface area (Å²) in [7, 11) is 0. The summed E-state index contributed by atoms with van der Waals surface area (Å²) in [6.45, 7) is 0. The van der Waals surface area contributed by atoms with Gasteiger partial charge in [-0.05, 0) is 63.2 Å². The van der Waals surface area contributed by atoms with Crippen molar-refractivity contribution in [2.45, 2.75) is 83.5 Å². The molecule has 0 N–H and O–H groups in total. The van der Waals surface area contributed by atoms with E-state index in [0.29, 0.717) is 0 Å². The fourth-order valence-corrected chi connectivity index (χ4v) is 4.61. The number of allylic oxidation sites excluding steroid dienone is 2. The highest BCUT2D eigenvalue weighted by atomic mass is 14.3. The van der Waals surface area contributed by atoms with Crippen LogP contribution in [0.5, 0.6) is 0 Å². The Morgan fingerprint density at radius 3 is 1.35 bits per heavy atom. The molecule has 17 heavy (non-hydrogen) atoms. The van der Waals surface area contributed by atoms with Gasteiger partial charge in [0.25, 0.3) is 0 Å². The lowest BCUT2D eigenvalue weighted by Crippen LogP contribution is -2.17. The second-order valence-electron chi connectivity index (χ2n) is 6.57. The number of hydrogen-bond donors (Lipinski definition) is 0. The van der Waals surface area contributed by atoms with Crippen LogP contribution in [0.4, 0.5) is 0 Å². The van der Waals surface area contributed by atoms with Gasteiger partial charge in [0.2, 0.25) is 0 Å². The van der Waals surface area contributed by atoms with Crippen molar-refractivity contribution in [1.82, 2.24) is 0 Å². The van der Waals surface area contributed by atoms with E-state index in [1.165, 1.54) is 83.5 Å². The fourth-order valence-electron chi connectivity index (χ4n) is 4.61. The molecule has 0 radical (unpaired) electrons. The summed E-state index contributed by atoms with van der Waals surface area (Å²) in [6.07, 6.45) is 19.5. The van der Waals surface area contributed by atoms with Gasteiger partial charge >= 0.3 is 0 Å². The van der Waals surface area contributed by atoms with Crippen LogP contribution in [0.1, 0.15) is 83.5 Å². The third kappa shape index (κ3) is 2.61. The van der Waals surface area contributed by atoms with Gasteiger partial charge in [0.1, 0.15) is 0 Å². The zero-order valence-corrected chi connectivity index (χ0v) is 11.3. The van der Waals surface area contributed by atoms with Crippen molar-refractivity contribution in [2.75, 3.05) is 0 Å². The van der Waals surface area contributed by atoms with Gasteiger partial charge in [-0.25, -0.2) is 0 Å². The molecule has 0 aromatic heterocycles. The summed E-state index contributed by atoms with van der Waals surface area (Å²) in [5.74, 6) is 2.03. The van der Waals surface area contributed by atoms with Crippen molar-refractivity contribution in [2.24, 2.45) is 11.8 Å². The largest absolute Gasteiger partial charge is 0.0676 e. The average molecular weight is 232 g/mol. The van der Waals surface area contributed by atoms with Crippen molar-refractivity contribution in [1.29, 1.82) is 0 Å². The standard InChI is InChI=1S/C17H28/c1-2-8-14(9-3-1)16-12-6-7-13-17(16)15-10-4-5-11-15/h14-15H,1-13H2. The molecule has 0 nitrogen and oxygen atoms in total. The second-order valence-corrected chi connectivity index (χ2v) is 6.57. The van der Waals surface area contributed by atoms with Gasteiger partial charge in [0.05, 0.1) is 0 Å². The van der Waals surface area contributed by atoms with Crippen LogP contribution < -0.4 is 0 Å². The minimum Gasteiger partial charge on any atom is -0.0676 e. The molecule has 2 saturated carbocycles. The highest BCUT2D eigenvalue weighted by molar-refractivity contribution is 5.23. The molecule has 3 aliphatic rings. The van der Waals surface area contributed by atoms with Crippen LogP contribution in [0, 0.1) is 11.8 Å². The minimum absolute atomic E-state index is 1.01. The summed E-state index contributed by atoms with van der Waals surface area (Å²) < 4.78 is 0. The van der Waals surface area contributed by atoms with Crippen LogP contribution >= 0.6 is 0 Å².